The minimum Gasteiger partial charge on any atom is -0.491 e. The molecule has 0 saturated heterocycles. The lowest BCUT2D eigenvalue weighted by atomic mass is 10.1. The molecule has 2 aromatic carbocycles. The molecule has 23 heavy (non-hydrogen) atoms. The van der Waals surface area contributed by atoms with E-state index >= 15 is 0 Å². The number of amides is 1. The molecule has 0 fully saturated rings. The van der Waals surface area contributed by atoms with E-state index in [-0.39, 0.29) is 12.0 Å². The molecule has 0 atom stereocenters. The van der Waals surface area contributed by atoms with Gasteiger partial charge in [-0.15, -0.1) is 0 Å². The molecule has 0 unspecified atom stereocenters. The first-order valence-corrected chi connectivity index (χ1v) is 8.15. The van der Waals surface area contributed by atoms with Crippen molar-refractivity contribution in [3.63, 3.8) is 0 Å². The summed E-state index contributed by atoms with van der Waals surface area (Å²) in [5, 5.41) is 2.99. The van der Waals surface area contributed by atoms with E-state index in [9.17, 15) is 4.79 Å². The quantitative estimate of drug-likeness (QED) is 0.780. The highest BCUT2D eigenvalue weighted by atomic mass is 16.5. The van der Waals surface area contributed by atoms with E-state index in [0.29, 0.717) is 6.54 Å². The molecule has 0 radical (unpaired) electrons. The third kappa shape index (κ3) is 5.44. The average molecular weight is 311 g/mol. The van der Waals surface area contributed by atoms with E-state index in [2.05, 4.69) is 17.4 Å². The number of hydrogen-bond donors (Lipinski definition) is 1. The van der Waals surface area contributed by atoms with Gasteiger partial charge >= 0.3 is 0 Å². The molecule has 0 bridgehead atoms. The van der Waals surface area contributed by atoms with Gasteiger partial charge in [0.05, 0.1) is 6.10 Å². The minimum atomic E-state index is -0.00000757. The Morgan fingerprint density at radius 1 is 1.13 bits per heavy atom. The van der Waals surface area contributed by atoms with Crippen LogP contribution >= 0.6 is 0 Å². The highest BCUT2D eigenvalue weighted by Crippen LogP contribution is 2.16. The van der Waals surface area contributed by atoms with Gasteiger partial charge in [0.2, 0.25) is 0 Å². The summed E-state index contributed by atoms with van der Waals surface area (Å²) in [4.78, 5) is 12.1. The smallest absolute Gasteiger partial charge is 0.251 e. The summed E-state index contributed by atoms with van der Waals surface area (Å²) >= 11 is 0. The molecule has 3 nitrogen and oxygen atoms in total. The van der Waals surface area contributed by atoms with Crippen molar-refractivity contribution in [2.45, 2.75) is 39.7 Å². The molecular formula is C20H25NO2. The summed E-state index contributed by atoms with van der Waals surface area (Å²) in [6, 6.07) is 15.8. The summed E-state index contributed by atoms with van der Waals surface area (Å²) in [5.74, 6) is 0.904. The molecule has 122 valence electrons. The van der Waals surface area contributed by atoms with Gasteiger partial charge in [-0.25, -0.2) is 0 Å². The maximum atomic E-state index is 12.1. The maximum Gasteiger partial charge on any atom is 0.251 e. The second kappa shape index (κ2) is 8.37. The van der Waals surface area contributed by atoms with Gasteiger partial charge in [-0.05, 0) is 62.9 Å². The van der Waals surface area contributed by atoms with E-state index in [1.54, 1.807) is 0 Å². The lowest BCUT2D eigenvalue weighted by molar-refractivity contribution is 0.0952. The summed E-state index contributed by atoms with van der Waals surface area (Å²) in [5.41, 5.74) is 2.98. The van der Waals surface area contributed by atoms with Crippen LogP contribution in [0.1, 0.15) is 41.8 Å². The number of carbonyl (C=O) groups is 1. The molecule has 0 aliphatic carbocycles. The third-order valence-corrected chi connectivity index (χ3v) is 3.59. The summed E-state index contributed by atoms with van der Waals surface area (Å²) in [7, 11) is 0. The van der Waals surface area contributed by atoms with Crippen molar-refractivity contribution in [3.8, 4) is 5.75 Å². The maximum absolute atomic E-state index is 12.1. The zero-order valence-corrected chi connectivity index (χ0v) is 14.1. The standard InChI is InChI=1S/C20H25NO2/c1-15(2)23-18-11-6-9-17(14-18)10-7-13-21-20(22)19-12-5-4-8-16(19)3/h4-6,8-9,11-12,14-15H,7,10,13H2,1-3H3,(H,21,22). The van der Waals surface area contributed by atoms with Crippen molar-refractivity contribution in [1.82, 2.24) is 5.32 Å². The largest absolute Gasteiger partial charge is 0.491 e. The van der Waals surface area contributed by atoms with Crippen molar-refractivity contribution in [2.75, 3.05) is 6.54 Å². The van der Waals surface area contributed by atoms with Gasteiger partial charge in [-0.1, -0.05) is 30.3 Å². The number of nitrogens with one attached hydrogen (secondary N) is 1. The van der Waals surface area contributed by atoms with Crippen molar-refractivity contribution >= 4 is 5.91 Å². The average Bonchev–Trinajstić information content (AvgIpc) is 2.51. The topological polar surface area (TPSA) is 38.3 Å². The molecule has 3 heteroatoms. The Bertz CT molecular complexity index is 650. The van der Waals surface area contributed by atoms with Crippen LogP contribution in [0.5, 0.6) is 5.75 Å². The molecular weight excluding hydrogens is 286 g/mol. The number of hydrogen-bond acceptors (Lipinski definition) is 2. The first-order valence-electron chi connectivity index (χ1n) is 8.15. The van der Waals surface area contributed by atoms with Crippen LogP contribution in [-0.4, -0.2) is 18.6 Å². The third-order valence-electron chi connectivity index (χ3n) is 3.59. The van der Waals surface area contributed by atoms with E-state index in [0.717, 1.165) is 29.7 Å². The first-order chi connectivity index (χ1) is 11.1. The van der Waals surface area contributed by atoms with E-state index in [1.807, 2.05) is 57.2 Å². The van der Waals surface area contributed by atoms with Crippen LogP contribution in [0, 0.1) is 6.92 Å². The van der Waals surface area contributed by atoms with Crippen molar-refractivity contribution < 1.29 is 9.53 Å². The van der Waals surface area contributed by atoms with Crippen molar-refractivity contribution in [1.29, 1.82) is 0 Å². The molecule has 0 heterocycles. The van der Waals surface area contributed by atoms with Crippen molar-refractivity contribution in [3.05, 3.63) is 65.2 Å². The van der Waals surface area contributed by atoms with Crippen LogP contribution < -0.4 is 10.1 Å². The van der Waals surface area contributed by atoms with Gasteiger partial charge in [0, 0.05) is 12.1 Å². The normalized spacial score (nSPS) is 10.6. The molecule has 0 aliphatic rings. The fourth-order valence-electron chi connectivity index (χ4n) is 2.46. The molecule has 0 aliphatic heterocycles. The summed E-state index contributed by atoms with van der Waals surface area (Å²) in [6.07, 6.45) is 2.00. The Kier molecular flexibility index (Phi) is 6.21. The summed E-state index contributed by atoms with van der Waals surface area (Å²) in [6.45, 7) is 6.67. The Labute approximate surface area is 138 Å². The summed E-state index contributed by atoms with van der Waals surface area (Å²) < 4.78 is 5.70. The predicted molar refractivity (Wildman–Crippen MR) is 94.0 cm³/mol. The lowest BCUT2D eigenvalue weighted by Gasteiger charge is -2.11. The number of rotatable bonds is 7. The second-order valence-corrected chi connectivity index (χ2v) is 5.99. The molecule has 0 spiro atoms. The highest BCUT2D eigenvalue weighted by Gasteiger charge is 2.07. The predicted octanol–water partition coefficient (Wildman–Crippen LogP) is 4.14. The van der Waals surface area contributed by atoms with Gasteiger partial charge < -0.3 is 10.1 Å². The molecule has 2 aromatic rings. The van der Waals surface area contributed by atoms with Crippen LogP contribution in [0.4, 0.5) is 0 Å². The highest BCUT2D eigenvalue weighted by molar-refractivity contribution is 5.95. The van der Waals surface area contributed by atoms with Gasteiger partial charge in [0.15, 0.2) is 0 Å². The van der Waals surface area contributed by atoms with Crippen LogP contribution in [-0.2, 0) is 6.42 Å². The monoisotopic (exact) mass is 311 g/mol. The molecule has 1 N–H and O–H groups in total. The zero-order chi connectivity index (χ0) is 16.7. The Morgan fingerprint density at radius 3 is 2.65 bits per heavy atom. The number of benzene rings is 2. The SMILES string of the molecule is Cc1ccccc1C(=O)NCCCc1cccc(OC(C)C)c1. The van der Waals surface area contributed by atoms with Crippen LogP contribution in [0.2, 0.25) is 0 Å². The van der Waals surface area contributed by atoms with Gasteiger partial charge in [-0.2, -0.15) is 0 Å². The molecule has 0 aromatic heterocycles. The van der Waals surface area contributed by atoms with Gasteiger partial charge in [0.1, 0.15) is 5.75 Å². The Balaban J connectivity index is 1.79. The molecule has 1 amide bonds. The fourth-order valence-corrected chi connectivity index (χ4v) is 2.46. The first kappa shape index (κ1) is 17.1. The Hall–Kier alpha value is -2.29. The van der Waals surface area contributed by atoms with Gasteiger partial charge in [0.25, 0.3) is 5.91 Å². The van der Waals surface area contributed by atoms with Crippen LogP contribution in [0.25, 0.3) is 0 Å². The van der Waals surface area contributed by atoms with Crippen LogP contribution in [0.15, 0.2) is 48.5 Å². The second-order valence-electron chi connectivity index (χ2n) is 5.99. The lowest BCUT2D eigenvalue weighted by Crippen LogP contribution is -2.25. The minimum absolute atomic E-state index is 0.00000757. The number of aryl methyl sites for hydroxylation is 2. The van der Waals surface area contributed by atoms with Gasteiger partial charge in [-0.3, -0.25) is 4.79 Å². The van der Waals surface area contributed by atoms with E-state index in [4.69, 9.17) is 4.74 Å². The Morgan fingerprint density at radius 2 is 1.91 bits per heavy atom. The fraction of sp³-hybridized carbons (Fsp3) is 0.350. The number of ether oxygens (including phenoxy) is 1. The van der Waals surface area contributed by atoms with E-state index < -0.39 is 0 Å². The van der Waals surface area contributed by atoms with E-state index in [1.165, 1.54) is 5.56 Å². The molecule has 2 rings (SSSR count). The van der Waals surface area contributed by atoms with Crippen LogP contribution in [0.3, 0.4) is 0 Å². The molecule has 0 saturated carbocycles. The zero-order valence-electron chi connectivity index (χ0n) is 14.1. The number of carbonyl (C=O) groups excluding carboxylic acids is 1. The van der Waals surface area contributed by atoms with Crippen molar-refractivity contribution in [2.24, 2.45) is 0 Å².